The van der Waals surface area contributed by atoms with Crippen molar-refractivity contribution in [3.8, 4) is 0 Å². The molecule has 0 radical (unpaired) electrons. The van der Waals surface area contributed by atoms with Crippen molar-refractivity contribution >= 4 is 0 Å². The summed E-state index contributed by atoms with van der Waals surface area (Å²) in [6.07, 6.45) is 18.4. The van der Waals surface area contributed by atoms with Gasteiger partial charge in [-0.25, -0.2) is 0 Å². The highest BCUT2D eigenvalue weighted by atomic mass is 16.5. The second-order valence-electron chi connectivity index (χ2n) is 9.44. The molecule has 0 spiro atoms. The lowest BCUT2D eigenvalue weighted by Gasteiger charge is -2.20. The summed E-state index contributed by atoms with van der Waals surface area (Å²) in [4.78, 5) is 0. The van der Waals surface area contributed by atoms with E-state index in [-0.39, 0.29) is 25.0 Å². The number of hydrogen-bond donors (Lipinski definition) is 1. The minimum absolute atomic E-state index is 0.0905. The summed E-state index contributed by atoms with van der Waals surface area (Å²) in [5.41, 5.74) is 5.62. The zero-order chi connectivity index (χ0) is 23.7. The van der Waals surface area contributed by atoms with Gasteiger partial charge in [0.1, 0.15) is 0 Å². The van der Waals surface area contributed by atoms with E-state index < -0.39 is 0 Å². The Labute approximate surface area is 188 Å². The molecule has 172 valence electrons. The summed E-state index contributed by atoms with van der Waals surface area (Å²) in [6, 6.07) is 0. The van der Waals surface area contributed by atoms with Gasteiger partial charge in [-0.3, -0.25) is 0 Å². The fourth-order valence-electron chi connectivity index (χ4n) is 2.89. The predicted octanol–water partition coefficient (Wildman–Crippen LogP) is 8.11. The lowest BCUT2D eigenvalue weighted by atomic mass is 9.85. The average Bonchev–Trinajstić information content (AvgIpc) is 2.71. The second kappa shape index (κ2) is 16.3. The zero-order valence-corrected chi connectivity index (χ0v) is 20.6. The number of aliphatic hydroxyl groups excluding tert-OH is 1. The minimum Gasteiger partial charge on any atom is -0.394 e. The van der Waals surface area contributed by atoms with Crippen molar-refractivity contribution in [2.24, 2.45) is 5.41 Å². The molecule has 2 nitrogen and oxygen atoms in total. The largest absolute Gasteiger partial charge is 0.394 e. The molecule has 1 atom stereocenters. The Bertz CT molecular complexity index is 615. The highest BCUT2D eigenvalue weighted by Gasteiger charge is 2.13. The van der Waals surface area contributed by atoms with Crippen molar-refractivity contribution in [1.82, 2.24) is 0 Å². The average molecular weight is 418 g/mol. The van der Waals surface area contributed by atoms with E-state index in [0.29, 0.717) is 6.61 Å². The molecule has 0 rings (SSSR count). The maximum absolute atomic E-state index is 9.04. The van der Waals surface area contributed by atoms with Crippen LogP contribution in [0.5, 0.6) is 0 Å². The smallest absolute Gasteiger partial charge is 0.0781 e. The number of ether oxygens (including phenoxy) is 1. The van der Waals surface area contributed by atoms with Gasteiger partial charge in [0, 0.05) is 1.37 Å². The highest BCUT2D eigenvalue weighted by molar-refractivity contribution is 5.10. The molecule has 2 heteroatoms. The molecule has 0 fully saturated rings. The van der Waals surface area contributed by atoms with Gasteiger partial charge in [-0.2, -0.15) is 0 Å². The molecule has 0 bridgehead atoms. The first-order valence-electron chi connectivity index (χ1n) is 12.1. The van der Waals surface area contributed by atoms with E-state index >= 15 is 0 Å². The first-order valence-corrected chi connectivity index (χ1v) is 11.4. The van der Waals surface area contributed by atoms with Gasteiger partial charge in [0.25, 0.3) is 0 Å². The van der Waals surface area contributed by atoms with E-state index in [9.17, 15) is 0 Å². The Morgan fingerprint density at radius 1 is 1.03 bits per heavy atom. The molecule has 0 saturated heterocycles. The number of hydrogen-bond acceptors (Lipinski definition) is 2. The fourth-order valence-corrected chi connectivity index (χ4v) is 2.89. The van der Waals surface area contributed by atoms with Crippen molar-refractivity contribution in [1.29, 1.82) is 0 Å². The Kier molecular flexibility index (Phi) is 14.5. The number of rotatable bonds is 16. The Hall–Kier alpha value is -1.38. The molecule has 0 aromatic carbocycles. The molecule has 0 aromatic rings. The molecular weight excluding hydrogens is 368 g/mol. The maximum atomic E-state index is 9.04. The van der Waals surface area contributed by atoms with Crippen LogP contribution in [0.3, 0.4) is 0 Å². The highest BCUT2D eigenvalue weighted by Crippen LogP contribution is 2.27. The normalized spacial score (nSPS) is 14.7. The lowest BCUT2D eigenvalue weighted by molar-refractivity contribution is 0.0409. The van der Waals surface area contributed by atoms with Gasteiger partial charge in [0.15, 0.2) is 0 Å². The summed E-state index contributed by atoms with van der Waals surface area (Å²) in [7, 11) is 0. The summed E-state index contributed by atoms with van der Waals surface area (Å²) in [6.45, 7) is 18.0. The van der Waals surface area contributed by atoms with Crippen molar-refractivity contribution in [3.05, 3.63) is 59.3 Å². The summed E-state index contributed by atoms with van der Waals surface area (Å²) >= 11 is 0. The van der Waals surface area contributed by atoms with E-state index in [0.717, 1.165) is 44.9 Å². The van der Waals surface area contributed by atoms with Crippen LogP contribution in [0.15, 0.2) is 59.3 Å². The standard InChI is InChI=1S/C28H48O2/c1-23(2)12-11-14-24(3)15-16-26(5)17-20-28(7,8)19-10-9-13-25(4)18-21-30-27(6)22-29/h10,12,15,18-19,27,29H,5,9,11,13-14,16-17,20-22H2,1-4,6-8H3/b19-10+,24-15+,25-18-/i6D. The van der Waals surface area contributed by atoms with Crippen molar-refractivity contribution in [2.75, 3.05) is 13.2 Å². The van der Waals surface area contributed by atoms with Crippen LogP contribution in [0, 0.1) is 5.41 Å². The van der Waals surface area contributed by atoms with E-state index in [1.807, 2.05) is 0 Å². The number of aliphatic hydroxyl groups is 1. The molecule has 0 aliphatic heterocycles. The summed E-state index contributed by atoms with van der Waals surface area (Å²) in [5.74, 6) is 0. The van der Waals surface area contributed by atoms with Gasteiger partial charge in [-0.05, 0) is 85.0 Å². The van der Waals surface area contributed by atoms with Gasteiger partial charge in [-0.15, -0.1) is 0 Å². The molecule has 0 saturated carbocycles. The molecule has 0 aromatic heterocycles. The van der Waals surface area contributed by atoms with Crippen LogP contribution in [0.25, 0.3) is 0 Å². The predicted molar refractivity (Wildman–Crippen MR) is 134 cm³/mol. The minimum atomic E-state index is -0.374. The van der Waals surface area contributed by atoms with Crippen LogP contribution >= 0.6 is 0 Å². The van der Waals surface area contributed by atoms with Crippen molar-refractivity contribution < 1.29 is 11.2 Å². The molecule has 1 N–H and O–H groups in total. The van der Waals surface area contributed by atoms with E-state index in [2.05, 4.69) is 78.5 Å². The first kappa shape index (κ1) is 26.7. The third kappa shape index (κ3) is 17.5. The van der Waals surface area contributed by atoms with Gasteiger partial charge >= 0.3 is 0 Å². The van der Waals surface area contributed by atoms with Crippen LogP contribution in [-0.2, 0) is 4.74 Å². The Morgan fingerprint density at radius 3 is 2.33 bits per heavy atom. The topological polar surface area (TPSA) is 29.5 Å². The summed E-state index contributed by atoms with van der Waals surface area (Å²) < 4.78 is 12.7. The number of allylic oxidation sites excluding steroid dienone is 8. The summed E-state index contributed by atoms with van der Waals surface area (Å²) in [5, 5.41) is 9.04. The van der Waals surface area contributed by atoms with Gasteiger partial charge < -0.3 is 9.84 Å². The van der Waals surface area contributed by atoms with Gasteiger partial charge in [-0.1, -0.05) is 73.1 Å². The monoisotopic (exact) mass is 417 g/mol. The quantitative estimate of drug-likeness (QED) is 0.257. The van der Waals surface area contributed by atoms with E-state index in [1.54, 1.807) is 0 Å². The molecule has 30 heavy (non-hydrogen) atoms. The molecular formula is C28H48O2. The van der Waals surface area contributed by atoms with Crippen LogP contribution in [0.1, 0.15) is 94.8 Å². The van der Waals surface area contributed by atoms with Crippen LogP contribution in [-0.4, -0.2) is 24.4 Å². The second-order valence-corrected chi connectivity index (χ2v) is 9.44. The fraction of sp³-hybridized carbons (Fsp3) is 0.643. The SMILES string of the molecule is [2H]CC(CO)OC/C=C(/C)CC/C=C/C(C)(C)CCC(=C)C/C=C(\C)CCC=C(C)C. The lowest BCUT2D eigenvalue weighted by Crippen LogP contribution is -2.12. The van der Waals surface area contributed by atoms with Gasteiger partial charge in [0.2, 0.25) is 0 Å². The molecule has 0 heterocycles. The van der Waals surface area contributed by atoms with Crippen LogP contribution < -0.4 is 0 Å². The maximum Gasteiger partial charge on any atom is 0.0781 e. The molecule has 0 aliphatic carbocycles. The molecule has 0 aliphatic rings. The third-order valence-corrected chi connectivity index (χ3v) is 5.20. The molecule has 1 unspecified atom stereocenters. The van der Waals surface area contributed by atoms with Crippen LogP contribution in [0.2, 0.25) is 0 Å². The van der Waals surface area contributed by atoms with E-state index in [4.69, 9.17) is 11.2 Å². The van der Waals surface area contributed by atoms with Crippen LogP contribution in [0.4, 0.5) is 0 Å². The van der Waals surface area contributed by atoms with Crippen molar-refractivity contribution in [2.45, 2.75) is 99.5 Å². The third-order valence-electron chi connectivity index (χ3n) is 5.20. The van der Waals surface area contributed by atoms with Gasteiger partial charge in [0.05, 0.1) is 19.3 Å². The molecule has 0 amide bonds. The van der Waals surface area contributed by atoms with Crippen molar-refractivity contribution in [3.63, 3.8) is 0 Å². The Balaban J connectivity index is 4.21. The first-order chi connectivity index (χ1) is 14.6. The zero-order valence-electron chi connectivity index (χ0n) is 21.6. The Morgan fingerprint density at radius 2 is 1.70 bits per heavy atom. The van der Waals surface area contributed by atoms with E-state index in [1.165, 1.54) is 22.3 Å².